The summed E-state index contributed by atoms with van der Waals surface area (Å²) in [6, 6.07) is -0.455. The molecule has 0 aromatic heterocycles. The van der Waals surface area contributed by atoms with Crippen molar-refractivity contribution in [1.29, 1.82) is 0 Å². The molecule has 2 N–H and O–H groups in total. The lowest BCUT2D eigenvalue weighted by Crippen LogP contribution is -2.31. The highest BCUT2D eigenvalue weighted by atomic mass is 32.2. The van der Waals surface area contributed by atoms with Crippen LogP contribution in [0.5, 0.6) is 0 Å². The molecular formula is C12H18F3NO6S. The molecule has 1 aliphatic heterocycles. The molecule has 23 heavy (non-hydrogen) atoms. The molecule has 11 heteroatoms. The summed E-state index contributed by atoms with van der Waals surface area (Å²) in [5.74, 6) is -2.48. The molecule has 2 rings (SSSR count). The molecule has 1 heterocycles. The monoisotopic (exact) mass is 361 g/mol. The van der Waals surface area contributed by atoms with Gasteiger partial charge in [0.15, 0.2) is 9.84 Å². The highest BCUT2D eigenvalue weighted by Gasteiger charge is 2.40. The maximum absolute atomic E-state index is 11.9. The first-order valence-electron chi connectivity index (χ1n) is 6.80. The van der Waals surface area contributed by atoms with Crippen molar-refractivity contribution >= 4 is 21.8 Å². The van der Waals surface area contributed by atoms with E-state index >= 15 is 0 Å². The number of halogens is 3. The highest BCUT2D eigenvalue weighted by molar-refractivity contribution is 7.92. The van der Waals surface area contributed by atoms with Crippen molar-refractivity contribution in [2.45, 2.75) is 36.7 Å². The van der Waals surface area contributed by atoms with Gasteiger partial charge in [0.1, 0.15) is 6.04 Å². The number of nitrogens with one attached hydrogen (secondary N) is 1. The lowest BCUT2D eigenvalue weighted by Gasteiger charge is -2.10. The van der Waals surface area contributed by atoms with Crippen molar-refractivity contribution in [2.75, 3.05) is 19.4 Å². The Bertz CT molecular complexity index is 543. The van der Waals surface area contributed by atoms with Gasteiger partial charge in [-0.3, -0.25) is 4.79 Å². The number of carbonyl (C=O) groups excluding carboxylic acids is 1. The standard InChI is InChI=1S/C10H17NO4S.C2HF3O2/c1-15-10(12)9-4-8(5-11-9)16(13,14)6-7-2-3-7;3-2(4,5)1(6)7/h7-9,11H,2-6H2,1H3;(H,6,7)/t8-,9+;/m1./s1. The van der Waals surface area contributed by atoms with Crippen LogP contribution in [0.2, 0.25) is 0 Å². The molecule has 0 amide bonds. The molecular weight excluding hydrogens is 343 g/mol. The van der Waals surface area contributed by atoms with Gasteiger partial charge < -0.3 is 15.2 Å². The number of aliphatic carboxylic acids is 1. The van der Waals surface area contributed by atoms with Crippen LogP contribution in [0.25, 0.3) is 0 Å². The Kier molecular flexibility index (Phi) is 6.40. The SMILES string of the molecule is COC(=O)[C@@H]1C[C@@H](S(=O)(=O)CC2CC2)CN1.O=C(O)C(F)(F)F. The van der Waals surface area contributed by atoms with Gasteiger partial charge in [-0.15, -0.1) is 0 Å². The van der Waals surface area contributed by atoms with E-state index in [0.717, 1.165) is 12.8 Å². The van der Waals surface area contributed by atoms with E-state index in [1.807, 2.05) is 0 Å². The van der Waals surface area contributed by atoms with Crippen molar-refractivity contribution in [3.05, 3.63) is 0 Å². The topological polar surface area (TPSA) is 110 Å². The normalized spacial score (nSPS) is 24.5. The molecule has 0 radical (unpaired) electrons. The highest BCUT2D eigenvalue weighted by Crippen LogP contribution is 2.32. The number of rotatable bonds is 4. The zero-order valence-electron chi connectivity index (χ0n) is 12.3. The summed E-state index contributed by atoms with van der Waals surface area (Å²) in [5, 5.41) is 9.61. The minimum Gasteiger partial charge on any atom is -0.475 e. The predicted molar refractivity (Wildman–Crippen MR) is 72.4 cm³/mol. The van der Waals surface area contributed by atoms with Gasteiger partial charge in [-0.05, 0) is 25.2 Å². The summed E-state index contributed by atoms with van der Waals surface area (Å²) >= 11 is 0. The van der Waals surface area contributed by atoms with Crippen LogP contribution in [0, 0.1) is 5.92 Å². The molecule has 2 fully saturated rings. The lowest BCUT2D eigenvalue weighted by atomic mass is 10.2. The van der Waals surface area contributed by atoms with Gasteiger partial charge in [0.05, 0.1) is 18.1 Å². The van der Waals surface area contributed by atoms with Crippen LogP contribution in [0.3, 0.4) is 0 Å². The second-order valence-electron chi connectivity index (χ2n) is 5.42. The Hall–Kier alpha value is -1.36. The van der Waals surface area contributed by atoms with Crippen molar-refractivity contribution in [3.63, 3.8) is 0 Å². The largest absolute Gasteiger partial charge is 0.490 e. The predicted octanol–water partition coefficient (Wildman–Crippen LogP) is 0.348. The fourth-order valence-corrected chi connectivity index (χ4v) is 4.15. The average Bonchev–Trinajstić information content (AvgIpc) is 3.08. The molecule has 7 nitrogen and oxygen atoms in total. The summed E-state index contributed by atoms with van der Waals surface area (Å²) in [6.45, 7) is 0.370. The van der Waals surface area contributed by atoms with E-state index in [1.165, 1.54) is 7.11 Å². The van der Waals surface area contributed by atoms with Gasteiger partial charge >= 0.3 is 18.1 Å². The summed E-state index contributed by atoms with van der Waals surface area (Å²) < 4.78 is 60.2. The number of carbonyl (C=O) groups is 2. The van der Waals surface area contributed by atoms with Crippen LogP contribution in [0.1, 0.15) is 19.3 Å². The van der Waals surface area contributed by atoms with E-state index in [1.54, 1.807) is 0 Å². The van der Waals surface area contributed by atoms with Gasteiger partial charge in [-0.2, -0.15) is 13.2 Å². The third kappa shape index (κ3) is 6.34. The van der Waals surface area contributed by atoms with Crippen molar-refractivity contribution in [1.82, 2.24) is 5.32 Å². The number of ether oxygens (including phenoxy) is 1. The first-order chi connectivity index (χ1) is 10.5. The molecule has 2 aliphatic rings. The van der Waals surface area contributed by atoms with Crippen LogP contribution < -0.4 is 5.32 Å². The van der Waals surface area contributed by atoms with E-state index < -0.39 is 33.3 Å². The second kappa shape index (κ2) is 7.47. The fourth-order valence-electron chi connectivity index (χ4n) is 2.05. The summed E-state index contributed by atoms with van der Waals surface area (Å²) in [6.07, 6.45) is -2.68. The van der Waals surface area contributed by atoms with Crippen LogP contribution in [0.4, 0.5) is 13.2 Å². The Morgan fingerprint density at radius 1 is 1.30 bits per heavy atom. The minimum absolute atomic E-state index is 0.285. The lowest BCUT2D eigenvalue weighted by molar-refractivity contribution is -0.192. The second-order valence-corrected chi connectivity index (χ2v) is 7.74. The Balaban J connectivity index is 0.000000322. The first-order valence-corrected chi connectivity index (χ1v) is 8.51. The number of carboxylic acid groups (broad SMARTS) is 1. The molecule has 134 valence electrons. The maximum atomic E-state index is 11.9. The summed E-state index contributed by atoms with van der Waals surface area (Å²) in [4.78, 5) is 20.1. The number of alkyl halides is 3. The fraction of sp³-hybridized carbons (Fsp3) is 0.833. The van der Waals surface area contributed by atoms with Crippen LogP contribution in [-0.2, 0) is 24.2 Å². The molecule has 2 atom stereocenters. The first kappa shape index (κ1) is 19.7. The van der Waals surface area contributed by atoms with Gasteiger partial charge in [0, 0.05) is 6.54 Å². The number of methoxy groups -OCH3 is 1. The van der Waals surface area contributed by atoms with Gasteiger partial charge in [0.25, 0.3) is 0 Å². The molecule has 1 saturated carbocycles. The summed E-state index contributed by atoms with van der Waals surface area (Å²) in [7, 11) is -1.73. The van der Waals surface area contributed by atoms with Gasteiger partial charge in [-0.1, -0.05) is 0 Å². The van der Waals surface area contributed by atoms with Gasteiger partial charge in [-0.25, -0.2) is 13.2 Å². The van der Waals surface area contributed by atoms with Gasteiger partial charge in [0.2, 0.25) is 0 Å². The third-order valence-electron chi connectivity index (χ3n) is 3.49. The van der Waals surface area contributed by atoms with Crippen molar-refractivity contribution < 1.29 is 41.0 Å². The Morgan fingerprint density at radius 3 is 2.22 bits per heavy atom. The smallest absolute Gasteiger partial charge is 0.475 e. The van der Waals surface area contributed by atoms with E-state index in [9.17, 15) is 26.4 Å². The van der Waals surface area contributed by atoms with E-state index in [4.69, 9.17) is 9.90 Å². The number of hydrogen-bond donors (Lipinski definition) is 2. The Labute approximate surface area is 131 Å². The molecule has 0 spiro atoms. The number of hydrogen-bond acceptors (Lipinski definition) is 6. The molecule has 0 unspecified atom stereocenters. The zero-order valence-corrected chi connectivity index (χ0v) is 13.1. The molecule has 0 aromatic rings. The van der Waals surface area contributed by atoms with Crippen molar-refractivity contribution in [3.8, 4) is 0 Å². The Morgan fingerprint density at radius 2 is 1.83 bits per heavy atom. The van der Waals surface area contributed by atoms with Crippen LogP contribution >= 0.6 is 0 Å². The quantitative estimate of drug-likeness (QED) is 0.695. The minimum atomic E-state index is -5.08. The number of esters is 1. The molecule has 1 aliphatic carbocycles. The third-order valence-corrected chi connectivity index (χ3v) is 5.80. The molecule has 0 aromatic carbocycles. The van der Waals surface area contributed by atoms with Crippen LogP contribution in [0.15, 0.2) is 0 Å². The maximum Gasteiger partial charge on any atom is 0.490 e. The van der Waals surface area contributed by atoms with E-state index in [0.29, 0.717) is 18.9 Å². The average molecular weight is 361 g/mol. The van der Waals surface area contributed by atoms with Crippen molar-refractivity contribution in [2.24, 2.45) is 5.92 Å². The molecule has 1 saturated heterocycles. The van der Waals surface area contributed by atoms with E-state index in [2.05, 4.69) is 10.1 Å². The summed E-state index contributed by atoms with van der Waals surface area (Å²) in [5.41, 5.74) is 0. The van der Waals surface area contributed by atoms with E-state index in [-0.39, 0.29) is 11.7 Å². The number of sulfone groups is 1. The molecule has 0 bridgehead atoms. The zero-order chi connectivity index (χ0) is 17.8. The van der Waals surface area contributed by atoms with Crippen LogP contribution in [-0.4, -0.2) is 62.3 Å². The number of carboxylic acids is 1.